The van der Waals surface area contributed by atoms with Gasteiger partial charge in [-0.2, -0.15) is 13.2 Å². The molecule has 28 heavy (non-hydrogen) atoms. The summed E-state index contributed by atoms with van der Waals surface area (Å²) >= 11 is 0.581. The number of hydrogen-bond acceptors (Lipinski definition) is 4. The summed E-state index contributed by atoms with van der Waals surface area (Å²) in [6.07, 6.45) is -4.44. The molecule has 156 valence electrons. The Morgan fingerprint density at radius 2 is 1.71 bits per heavy atom. The zero-order valence-electron chi connectivity index (χ0n) is 16.6. The van der Waals surface area contributed by atoms with Gasteiger partial charge >= 0.3 is 12.3 Å². The lowest BCUT2D eigenvalue weighted by Crippen LogP contribution is -2.38. The predicted octanol–water partition coefficient (Wildman–Crippen LogP) is 4.81. The molecule has 1 aliphatic heterocycles. The molecule has 2 amide bonds. The van der Waals surface area contributed by atoms with Gasteiger partial charge in [0.15, 0.2) is 0 Å². The highest BCUT2D eigenvalue weighted by Crippen LogP contribution is 2.41. The Hall–Kier alpha value is -1.90. The molecule has 0 spiro atoms. The Morgan fingerprint density at radius 3 is 2.25 bits per heavy atom. The van der Waals surface area contributed by atoms with Gasteiger partial charge in [-0.1, -0.05) is 6.07 Å². The van der Waals surface area contributed by atoms with E-state index in [1.165, 1.54) is 30.0 Å². The average Bonchev–Trinajstić information content (AvgIpc) is 2.75. The van der Waals surface area contributed by atoms with Gasteiger partial charge in [0, 0.05) is 32.1 Å². The van der Waals surface area contributed by atoms with Crippen molar-refractivity contribution < 1.29 is 27.5 Å². The Bertz CT molecular complexity index is 758. The second-order valence-electron chi connectivity index (χ2n) is 7.81. The molecular weight excluding hydrogens is 393 g/mol. The molecular formula is C19H25F3N2O3S. The van der Waals surface area contributed by atoms with Crippen LogP contribution in [0, 0.1) is 0 Å². The van der Waals surface area contributed by atoms with Crippen LogP contribution < -0.4 is 0 Å². The third kappa shape index (κ3) is 5.56. The first kappa shape index (κ1) is 22.4. The molecule has 0 saturated heterocycles. The van der Waals surface area contributed by atoms with Gasteiger partial charge in [-0.3, -0.25) is 4.79 Å². The summed E-state index contributed by atoms with van der Waals surface area (Å²) in [5, 5.41) is -0.479. The third-order valence-electron chi connectivity index (χ3n) is 4.15. The summed E-state index contributed by atoms with van der Waals surface area (Å²) in [6, 6.07) is 2.47. The average molecular weight is 418 g/mol. The van der Waals surface area contributed by atoms with E-state index in [0.717, 1.165) is 6.07 Å². The number of rotatable bonds is 1. The summed E-state index contributed by atoms with van der Waals surface area (Å²) in [4.78, 5) is 27.2. The van der Waals surface area contributed by atoms with Crippen molar-refractivity contribution in [2.45, 2.75) is 50.3 Å². The molecule has 0 fully saturated rings. The van der Waals surface area contributed by atoms with E-state index < -0.39 is 28.7 Å². The predicted molar refractivity (Wildman–Crippen MR) is 102 cm³/mol. The molecule has 1 heterocycles. The molecule has 1 aliphatic rings. The number of benzene rings is 1. The highest BCUT2D eigenvalue weighted by atomic mass is 32.2. The monoisotopic (exact) mass is 418 g/mol. The van der Waals surface area contributed by atoms with E-state index in [9.17, 15) is 22.8 Å². The van der Waals surface area contributed by atoms with Gasteiger partial charge in [0.1, 0.15) is 5.60 Å². The smallest absolute Gasteiger partial charge is 0.417 e. The number of hydrogen-bond donors (Lipinski definition) is 0. The number of carbonyl (C=O) groups is 2. The number of fused-ring (bicyclic) bond motifs is 1. The molecule has 9 heteroatoms. The van der Waals surface area contributed by atoms with Crippen molar-refractivity contribution in [3.05, 3.63) is 28.8 Å². The van der Waals surface area contributed by atoms with Gasteiger partial charge in [-0.15, -0.1) is 0 Å². The number of ether oxygens (including phenoxy) is 1. The zero-order valence-corrected chi connectivity index (χ0v) is 17.5. The van der Waals surface area contributed by atoms with Crippen molar-refractivity contribution in [1.82, 2.24) is 9.80 Å². The van der Waals surface area contributed by atoms with E-state index in [1.54, 1.807) is 20.8 Å². The molecule has 0 N–H and O–H groups in total. The number of alkyl halides is 3. The molecule has 0 bridgehead atoms. The van der Waals surface area contributed by atoms with Crippen molar-refractivity contribution in [3.8, 4) is 0 Å². The van der Waals surface area contributed by atoms with E-state index in [2.05, 4.69) is 0 Å². The van der Waals surface area contributed by atoms with Crippen LogP contribution in [-0.2, 0) is 23.8 Å². The SMILES string of the molecule is CN(C)C(=O)Sc1c(C(F)(F)F)ccc2c1CCN(C(=O)OC(C)(C)C)CC2. The van der Waals surface area contributed by atoms with Crippen molar-refractivity contribution in [2.24, 2.45) is 0 Å². The van der Waals surface area contributed by atoms with Gasteiger partial charge in [-0.05, 0) is 62.6 Å². The number of thioether (sulfide) groups is 1. The summed E-state index contributed by atoms with van der Waals surface area (Å²) in [5.74, 6) is 0. The standard InChI is InChI=1S/C19H25F3N2O3S/c1-18(2,3)27-16(25)24-10-8-12-6-7-14(19(20,21)22)15(13(12)9-11-24)28-17(26)23(4)5/h6-7H,8-11H2,1-5H3. The highest BCUT2D eigenvalue weighted by Gasteiger charge is 2.37. The quantitative estimate of drug-likeness (QED) is 0.614. The minimum Gasteiger partial charge on any atom is -0.444 e. The first-order chi connectivity index (χ1) is 12.8. The maximum Gasteiger partial charge on any atom is 0.417 e. The molecule has 5 nitrogen and oxygen atoms in total. The van der Waals surface area contributed by atoms with Crippen molar-refractivity contribution in [3.63, 3.8) is 0 Å². The van der Waals surface area contributed by atoms with Gasteiger partial charge in [0.05, 0.1) is 5.56 Å². The molecule has 0 radical (unpaired) electrons. The molecule has 1 aromatic carbocycles. The normalized spacial score (nSPS) is 14.9. The van der Waals surface area contributed by atoms with Crippen LogP contribution in [0.1, 0.15) is 37.5 Å². The van der Waals surface area contributed by atoms with E-state index >= 15 is 0 Å². The van der Waals surface area contributed by atoms with E-state index in [4.69, 9.17) is 4.74 Å². The van der Waals surface area contributed by atoms with Crippen LogP contribution in [0.3, 0.4) is 0 Å². The molecule has 0 aromatic heterocycles. The summed E-state index contributed by atoms with van der Waals surface area (Å²) in [5.41, 5.74) is -0.287. The van der Waals surface area contributed by atoms with Gasteiger partial charge in [0.2, 0.25) is 0 Å². The third-order valence-corrected chi connectivity index (χ3v) is 5.36. The first-order valence-corrected chi connectivity index (χ1v) is 9.70. The summed E-state index contributed by atoms with van der Waals surface area (Å²) in [6.45, 7) is 5.85. The molecule has 0 aliphatic carbocycles. The largest absolute Gasteiger partial charge is 0.444 e. The fourth-order valence-corrected chi connectivity index (χ4v) is 3.83. The van der Waals surface area contributed by atoms with Crippen molar-refractivity contribution in [1.29, 1.82) is 0 Å². The van der Waals surface area contributed by atoms with Crippen LogP contribution in [0.2, 0.25) is 0 Å². The first-order valence-electron chi connectivity index (χ1n) is 8.88. The van der Waals surface area contributed by atoms with Crippen LogP contribution in [0.15, 0.2) is 17.0 Å². The van der Waals surface area contributed by atoms with E-state index in [1.807, 2.05) is 0 Å². The number of nitrogens with zero attached hydrogens (tertiary/aromatic N) is 2. The van der Waals surface area contributed by atoms with Crippen molar-refractivity contribution >= 4 is 23.1 Å². The highest BCUT2D eigenvalue weighted by molar-refractivity contribution is 8.13. The Kier molecular flexibility index (Phi) is 6.58. The minimum atomic E-state index is -4.57. The zero-order chi connectivity index (χ0) is 21.3. The lowest BCUT2D eigenvalue weighted by molar-refractivity contribution is -0.139. The lowest BCUT2D eigenvalue weighted by Gasteiger charge is -2.26. The lowest BCUT2D eigenvalue weighted by atomic mass is 9.99. The fraction of sp³-hybridized carbons (Fsp3) is 0.579. The minimum absolute atomic E-state index is 0.0743. The fourth-order valence-electron chi connectivity index (χ4n) is 2.82. The van der Waals surface area contributed by atoms with Crippen LogP contribution in [0.4, 0.5) is 22.8 Å². The number of amides is 2. The van der Waals surface area contributed by atoms with Crippen LogP contribution in [0.25, 0.3) is 0 Å². The van der Waals surface area contributed by atoms with Gasteiger partial charge in [0.25, 0.3) is 5.24 Å². The second-order valence-corrected chi connectivity index (χ2v) is 8.77. The molecule has 0 atom stereocenters. The molecule has 0 unspecified atom stereocenters. The number of halogens is 3. The summed E-state index contributed by atoms with van der Waals surface area (Å²) in [7, 11) is 2.99. The topological polar surface area (TPSA) is 49.9 Å². The second kappa shape index (κ2) is 8.23. The van der Waals surface area contributed by atoms with Crippen LogP contribution in [-0.4, -0.2) is 53.9 Å². The van der Waals surface area contributed by atoms with Crippen LogP contribution in [0.5, 0.6) is 0 Å². The molecule has 0 saturated carbocycles. The Labute approximate surface area is 167 Å². The maximum atomic E-state index is 13.5. The van der Waals surface area contributed by atoms with Crippen LogP contribution >= 0.6 is 11.8 Å². The van der Waals surface area contributed by atoms with Crippen molar-refractivity contribution in [2.75, 3.05) is 27.2 Å². The maximum absolute atomic E-state index is 13.5. The Balaban J connectivity index is 2.37. The van der Waals surface area contributed by atoms with Gasteiger partial charge in [-0.25, -0.2) is 4.79 Å². The molecule has 2 rings (SSSR count). The number of carbonyl (C=O) groups excluding carboxylic acids is 2. The van der Waals surface area contributed by atoms with E-state index in [0.29, 0.717) is 35.9 Å². The van der Waals surface area contributed by atoms with Gasteiger partial charge < -0.3 is 14.5 Å². The van der Waals surface area contributed by atoms with E-state index in [-0.39, 0.29) is 17.9 Å². The molecule has 1 aromatic rings. The Morgan fingerprint density at radius 1 is 1.11 bits per heavy atom. The summed E-state index contributed by atoms with van der Waals surface area (Å²) < 4.78 is 46.0.